The molecule has 1 aliphatic heterocycles. The van der Waals surface area contributed by atoms with Crippen LogP contribution in [0.5, 0.6) is 0 Å². The molecule has 0 radical (unpaired) electrons. The lowest BCUT2D eigenvalue weighted by Crippen LogP contribution is -2.40. The van der Waals surface area contributed by atoms with Gasteiger partial charge in [-0.15, -0.1) is 24.0 Å². The number of ether oxygens (including phenoxy) is 1. The number of sulfonamides is 1. The first-order chi connectivity index (χ1) is 13.5. The molecule has 2 N–H and O–H groups in total. The lowest BCUT2D eigenvalue weighted by molar-refractivity contribution is 0.204. The summed E-state index contributed by atoms with van der Waals surface area (Å²) in [5.41, 5.74) is 3.33. The Kier molecular flexibility index (Phi) is 8.87. The molecule has 7 nitrogen and oxygen atoms in total. The van der Waals surface area contributed by atoms with E-state index in [1.165, 1.54) is 12.7 Å². The van der Waals surface area contributed by atoms with Gasteiger partial charge in [-0.25, -0.2) is 13.1 Å². The number of anilines is 1. The van der Waals surface area contributed by atoms with E-state index in [2.05, 4.69) is 32.1 Å². The van der Waals surface area contributed by atoms with E-state index in [4.69, 9.17) is 4.74 Å². The van der Waals surface area contributed by atoms with Crippen LogP contribution in [0.25, 0.3) is 0 Å². The van der Waals surface area contributed by atoms with E-state index in [-0.39, 0.29) is 35.4 Å². The lowest BCUT2D eigenvalue weighted by Gasteiger charge is -2.22. The van der Waals surface area contributed by atoms with Crippen molar-refractivity contribution in [3.8, 4) is 0 Å². The van der Waals surface area contributed by atoms with Gasteiger partial charge < -0.3 is 15.0 Å². The Balaban J connectivity index is 0.00000300. The van der Waals surface area contributed by atoms with Crippen LogP contribution >= 0.6 is 24.0 Å². The first-order valence-electron chi connectivity index (χ1n) is 9.19. The van der Waals surface area contributed by atoms with Crippen LogP contribution in [-0.2, 0) is 27.7 Å². The van der Waals surface area contributed by atoms with Crippen molar-refractivity contribution in [3.63, 3.8) is 0 Å². The van der Waals surface area contributed by atoms with Crippen molar-refractivity contribution >= 4 is 45.6 Å². The van der Waals surface area contributed by atoms with E-state index >= 15 is 0 Å². The molecule has 0 saturated heterocycles. The maximum absolute atomic E-state index is 12.4. The van der Waals surface area contributed by atoms with E-state index < -0.39 is 10.0 Å². The highest BCUT2D eigenvalue weighted by Crippen LogP contribution is 2.27. The molecule has 2 aromatic rings. The lowest BCUT2D eigenvalue weighted by atomic mass is 10.2. The zero-order valence-electron chi connectivity index (χ0n) is 16.6. The average molecular weight is 530 g/mol. The molecule has 0 spiro atoms. The number of hydrogen-bond donors (Lipinski definition) is 2. The van der Waals surface area contributed by atoms with Gasteiger partial charge in [-0.05, 0) is 35.7 Å². The van der Waals surface area contributed by atoms with Crippen LogP contribution in [0.3, 0.4) is 0 Å². The number of halogens is 1. The second-order valence-electron chi connectivity index (χ2n) is 6.47. The fraction of sp³-hybridized carbons (Fsp3) is 0.350. The molecule has 0 fully saturated rings. The van der Waals surface area contributed by atoms with Crippen LogP contribution in [0.4, 0.5) is 5.69 Å². The predicted octanol–water partition coefficient (Wildman–Crippen LogP) is 2.37. The molecule has 0 atom stereocenters. The minimum Gasteiger partial charge on any atom is -0.383 e. The second-order valence-corrected chi connectivity index (χ2v) is 8.24. The molecule has 0 amide bonds. The number of methoxy groups -OCH3 is 1. The second kappa shape index (κ2) is 10.9. The van der Waals surface area contributed by atoms with E-state index in [1.54, 1.807) is 25.2 Å². The Bertz CT molecular complexity index is 950. The van der Waals surface area contributed by atoms with Crippen LogP contribution in [0.15, 0.2) is 58.4 Å². The third-order valence-corrected chi connectivity index (χ3v) is 6.07. The van der Waals surface area contributed by atoms with Gasteiger partial charge in [-0.1, -0.05) is 30.3 Å². The molecule has 29 heavy (non-hydrogen) atoms. The van der Waals surface area contributed by atoms with E-state index in [0.29, 0.717) is 13.2 Å². The summed E-state index contributed by atoms with van der Waals surface area (Å²) in [6.07, 6.45) is 0.984. The normalized spacial score (nSPS) is 13.7. The summed E-state index contributed by atoms with van der Waals surface area (Å²) in [6, 6.07) is 15.2. The number of rotatable bonds is 7. The third-order valence-electron chi connectivity index (χ3n) is 4.61. The summed E-state index contributed by atoms with van der Waals surface area (Å²) in [5, 5.41) is 3.34. The van der Waals surface area contributed by atoms with Gasteiger partial charge in [-0.3, -0.25) is 4.99 Å². The quantitative estimate of drug-likeness (QED) is 0.249. The SMILES string of the molecule is CN=C(NCc1cccc(S(=O)(=O)NCCOC)c1)N1CCc2ccccc21.I. The number of hydrogen-bond acceptors (Lipinski definition) is 4. The Labute approximate surface area is 189 Å². The summed E-state index contributed by atoms with van der Waals surface area (Å²) in [4.78, 5) is 6.79. The Morgan fingerprint density at radius 3 is 2.76 bits per heavy atom. The van der Waals surface area contributed by atoms with Crippen LogP contribution in [0.2, 0.25) is 0 Å². The molecule has 3 rings (SSSR count). The maximum Gasteiger partial charge on any atom is 0.240 e. The number of fused-ring (bicyclic) bond motifs is 1. The fourth-order valence-electron chi connectivity index (χ4n) is 3.22. The molecule has 1 aliphatic rings. The zero-order chi connectivity index (χ0) is 20.0. The van der Waals surface area contributed by atoms with Crippen molar-refractivity contribution in [1.82, 2.24) is 10.0 Å². The van der Waals surface area contributed by atoms with Crippen molar-refractivity contribution in [2.24, 2.45) is 4.99 Å². The first-order valence-corrected chi connectivity index (χ1v) is 10.7. The molecular weight excluding hydrogens is 503 g/mol. The molecule has 0 saturated carbocycles. The minimum atomic E-state index is -3.55. The summed E-state index contributed by atoms with van der Waals surface area (Å²) in [6.45, 7) is 1.92. The first kappa shape index (κ1) is 23.6. The number of nitrogens with one attached hydrogen (secondary N) is 2. The number of nitrogens with zero attached hydrogens (tertiary/aromatic N) is 2. The Morgan fingerprint density at radius 1 is 1.21 bits per heavy atom. The summed E-state index contributed by atoms with van der Waals surface area (Å²) < 4.78 is 32.2. The average Bonchev–Trinajstić information content (AvgIpc) is 3.13. The van der Waals surface area contributed by atoms with Crippen LogP contribution in [0.1, 0.15) is 11.1 Å². The highest BCUT2D eigenvalue weighted by molar-refractivity contribution is 14.0. The number of guanidine groups is 1. The standard InChI is InChI=1S/C20H26N4O3S.HI/c1-21-20(24-12-10-17-7-3-4-9-19(17)24)22-15-16-6-5-8-18(14-16)28(25,26)23-11-13-27-2;/h3-9,14,23H,10-13,15H2,1-2H3,(H,21,22);1H. The van der Waals surface area contributed by atoms with Crippen LogP contribution in [0, 0.1) is 0 Å². The van der Waals surface area contributed by atoms with Crippen molar-refractivity contribution < 1.29 is 13.2 Å². The fourth-order valence-corrected chi connectivity index (χ4v) is 4.30. The molecular formula is C20H27IN4O3S. The van der Waals surface area contributed by atoms with Crippen molar-refractivity contribution in [2.75, 3.05) is 38.8 Å². The van der Waals surface area contributed by atoms with Crippen LogP contribution < -0.4 is 14.9 Å². The monoisotopic (exact) mass is 530 g/mol. The van der Waals surface area contributed by atoms with Gasteiger partial charge in [0.25, 0.3) is 0 Å². The molecule has 0 aliphatic carbocycles. The van der Waals surface area contributed by atoms with E-state index in [0.717, 1.165) is 30.2 Å². The molecule has 0 aromatic heterocycles. The topological polar surface area (TPSA) is 83.0 Å². The van der Waals surface area contributed by atoms with Gasteiger partial charge in [0, 0.05) is 39.5 Å². The maximum atomic E-state index is 12.4. The number of aliphatic imine (C=N–C) groups is 1. The van der Waals surface area contributed by atoms with Crippen molar-refractivity contribution in [1.29, 1.82) is 0 Å². The third kappa shape index (κ3) is 5.91. The molecule has 9 heteroatoms. The van der Waals surface area contributed by atoms with Gasteiger partial charge in [0.1, 0.15) is 0 Å². The van der Waals surface area contributed by atoms with Gasteiger partial charge in [0.2, 0.25) is 10.0 Å². The largest absolute Gasteiger partial charge is 0.383 e. The molecule has 2 aromatic carbocycles. The van der Waals surface area contributed by atoms with E-state index in [1.807, 2.05) is 18.2 Å². The number of para-hydroxylation sites is 1. The van der Waals surface area contributed by atoms with Gasteiger partial charge in [-0.2, -0.15) is 0 Å². The molecule has 158 valence electrons. The van der Waals surface area contributed by atoms with Gasteiger partial charge >= 0.3 is 0 Å². The van der Waals surface area contributed by atoms with Gasteiger partial charge in [0.15, 0.2) is 5.96 Å². The highest BCUT2D eigenvalue weighted by atomic mass is 127. The smallest absolute Gasteiger partial charge is 0.240 e. The minimum absolute atomic E-state index is 0. The van der Waals surface area contributed by atoms with E-state index in [9.17, 15) is 8.42 Å². The van der Waals surface area contributed by atoms with Crippen LogP contribution in [-0.4, -0.2) is 48.2 Å². The van der Waals surface area contributed by atoms with Gasteiger partial charge in [0.05, 0.1) is 11.5 Å². The summed E-state index contributed by atoms with van der Waals surface area (Å²) in [5.74, 6) is 0.774. The Morgan fingerprint density at radius 2 is 2.00 bits per heavy atom. The van der Waals surface area contributed by atoms with Crippen molar-refractivity contribution in [2.45, 2.75) is 17.9 Å². The predicted molar refractivity (Wildman–Crippen MR) is 127 cm³/mol. The molecule has 1 heterocycles. The summed E-state index contributed by atoms with van der Waals surface area (Å²) >= 11 is 0. The number of benzene rings is 2. The molecule has 0 unspecified atom stereocenters. The highest BCUT2D eigenvalue weighted by Gasteiger charge is 2.22. The summed E-state index contributed by atoms with van der Waals surface area (Å²) in [7, 11) is -0.265. The van der Waals surface area contributed by atoms with Crippen molar-refractivity contribution in [3.05, 3.63) is 59.7 Å². The zero-order valence-corrected chi connectivity index (χ0v) is 19.7. The Hall–Kier alpha value is -1.69. The molecule has 0 bridgehead atoms.